The largest absolute Gasteiger partial charge is 0.317 e. The molecule has 2 heterocycles. The molecular formula is C18H22N2. The lowest BCUT2D eigenvalue weighted by Gasteiger charge is -2.22. The summed E-state index contributed by atoms with van der Waals surface area (Å²) in [5.41, 5.74) is 6.38. The van der Waals surface area contributed by atoms with Gasteiger partial charge in [0.15, 0.2) is 0 Å². The van der Waals surface area contributed by atoms with Gasteiger partial charge in [0.05, 0.1) is 5.69 Å². The Morgan fingerprint density at radius 1 is 1.05 bits per heavy atom. The second-order valence-electron chi connectivity index (χ2n) is 5.75. The standard InChI is InChI=1S/C18H22N2/c1-13-4-3-5-17(14(13)2)18-7-6-16(12-20-18)15-8-10-19-11-9-15/h3-7,12,15,19H,8-11H2,1-2H3. The maximum Gasteiger partial charge on any atom is 0.0704 e. The van der Waals surface area contributed by atoms with Gasteiger partial charge in [0.2, 0.25) is 0 Å². The molecule has 0 radical (unpaired) electrons. The molecule has 2 aromatic rings. The third-order valence-electron chi connectivity index (χ3n) is 4.48. The van der Waals surface area contributed by atoms with E-state index < -0.39 is 0 Å². The van der Waals surface area contributed by atoms with Crippen LogP contribution in [-0.2, 0) is 0 Å². The van der Waals surface area contributed by atoms with Gasteiger partial charge in [-0.25, -0.2) is 0 Å². The highest BCUT2D eigenvalue weighted by Crippen LogP contribution is 2.28. The van der Waals surface area contributed by atoms with Crippen LogP contribution in [0.25, 0.3) is 11.3 Å². The van der Waals surface area contributed by atoms with Crippen molar-refractivity contribution < 1.29 is 0 Å². The SMILES string of the molecule is Cc1cccc(-c2ccc(C3CCNCC3)cn2)c1C. The summed E-state index contributed by atoms with van der Waals surface area (Å²) in [4.78, 5) is 4.71. The number of benzene rings is 1. The van der Waals surface area contributed by atoms with E-state index in [1.54, 1.807) is 0 Å². The summed E-state index contributed by atoms with van der Waals surface area (Å²) in [6.07, 6.45) is 4.53. The van der Waals surface area contributed by atoms with E-state index in [0.717, 1.165) is 18.8 Å². The number of pyridine rings is 1. The van der Waals surface area contributed by atoms with Crippen molar-refractivity contribution in [3.05, 3.63) is 53.2 Å². The fourth-order valence-corrected chi connectivity index (χ4v) is 2.99. The molecule has 1 aromatic heterocycles. The minimum absolute atomic E-state index is 0.677. The van der Waals surface area contributed by atoms with E-state index in [0.29, 0.717) is 5.92 Å². The fraction of sp³-hybridized carbons (Fsp3) is 0.389. The van der Waals surface area contributed by atoms with Crippen LogP contribution < -0.4 is 5.32 Å². The smallest absolute Gasteiger partial charge is 0.0704 e. The van der Waals surface area contributed by atoms with Crippen molar-refractivity contribution in [2.75, 3.05) is 13.1 Å². The number of hydrogen-bond acceptors (Lipinski definition) is 2. The van der Waals surface area contributed by atoms with Crippen LogP contribution in [0.3, 0.4) is 0 Å². The number of aromatic nitrogens is 1. The monoisotopic (exact) mass is 266 g/mol. The summed E-state index contributed by atoms with van der Waals surface area (Å²) in [7, 11) is 0. The number of nitrogens with one attached hydrogen (secondary N) is 1. The van der Waals surface area contributed by atoms with Crippen LogP contribution in [-0.4, -0.2) is 18.1 Å². The van der Waals surface area contributed by atoms with Gasteiger partial charge in [-0.3, -0.25) is 4.98 Å². The van der Waals surface area contributed by atoms with Gasteiger partial charge in [-0.1, -0.05) is 24.3 Å². The van der Waals surface area contributed by atoms with Gasteiger partial charge in [-0.15, -0.1) is 0 Å². The third-order valence-corrected chi connectivity index (χ3v) is 4.48. The van der Waals surface area contributed by atoms with E-state index in [1.165, 1.54) is 35.1 Å². The molecule has 0 atom stereocenters. The number of rotatable bonds is 2. The lowest BCUT2D eigenvalue weighted by molar-refractivity contribution is 0.459. The average molecular weight is 266 g/mol. The first-order chi connectivity index (χ1) is 9.75. The molecule has 1 aromatic carbocycles. The third kappa shape index (κ3) is 2.61. The van der Waals surface area contributed by atoms with Crippen LogP contribution in [0, 0.1) is 13.8 Å². The molecule has 1 saturated heterocycles. The molecule has 1 fully saturated rings. The number of nitrogens with zero attached hydrogens (tertiary/aromatic N) is 1. The predicted octanol–water partition coefficient (Wildman–Crippen LogP) is 3.83. The molecule has 2 heteroatoms. The Hall–Kier alpha value is -1.67. The molecule has 104 valence electrons. The zero-order valence-corrected chi connectivity index (χ0v) is 12.3. The van der Waals surface area contributed by atoms with Gasteiger partial charge in [-0.05, 0) is 68.5 Å². The molecule has 1 aliphatic rings. The Morgan fingerprint density at radius 3 is 2.55 bits per heavy atom. The quantitative estimate of drug-likeness (QED) is 0.893. The molecule has 0 unspecified atom stereocenters. The molecule has 20 heavy (non-hydrogen) atoms. The van der Waals surface area contributed by atoms with Crippen molar-refractivity contribution in [3.63, 3.8) is 0 Å². The van der Waals surface area contributed by atoms with Gasteiger partial charge in [-0.2, -0.15) is 0 Å². The normalized spacial score (nSPS) is 16.3. The molecule has 1 aliphatic heterocycles. The van der Waals surface area contributed by atoms with Crippen molar-refractivity contribution in [1.82, 2.24) is 10.3 Å². The van der Waals surface area contributed by atoms with Crippen LogP contribution in [0.4, 0.5) is 0 Å². The van der Waals surface area contributed by atoms with E-state index >= 15 is 0 Å². The predicted molar refractivity (Wildman–Crippen MR) is 84.0 cm³/mol. The Labute approximate surface area is 121 Å². The summed E-state index contributed by atoms with van der Waals surface area (Å²) in [5.74, 6) is 0.677. The van der Waals surface area contributed by atoms with Crippen LogP contribution in [0.2, 0.25) is 0 Å². The molecule has 2 nitrogen and oxygen atoms in total. The minimum atomic E-state index is 0.677. The van der Waals surface area contributed by atoms with Gasteiger partial charge in [0.25, 0.3) is 0 Å². The zero-order valence-electron chi connectivity index (χ0n) is 12.3. The summed E-state index contributed by atoms with van der Waals surface area (Å²) in [6.45, 7) is 6.59. The molecule has 0 amide bonds. The van der Waals surface area contributed by atoms with Crippen LogP contribution >= 0.6 is 0 Å². The molecule has 0 saturated carbocycles. The molecule has 1 N–H and O–H groups in total. The van der Waals surface area contributed by atoms with E-state index in [-0.39, 0.29) is 0 Å². The van der Waals surface area contributed by atoms with Crippen LogP contribution in [0.5, 0.6) is 0 Å². The van der Waals surface area contributed by atoms with E-state index in [2.05, 4.69) is 55.7 Å². The lowest BCUT2D eigenvalue weighted by Crippen LogP contribution is -2.26. The van der Waals surface area contributed by atoms with Crippen molar-refractivity contribution in [1.29, 1.82) is 0 Å². The Morgan fingerprint density at radius 2 is 1.85 bits per heavy atom. The van der Waals surface area contributed by atoms with Gasteiger partial charge < -0.3 is 5.32 Å². The van der Waals surface area contributed by atoms with Crippen molar-refractivity contribution in [3.8, 4) is 11.3 Å². The number of aryl methyl sites for hydroxylation is 1. The van der Waals surface area contributed by atoms with E-state index in [4.69, 9.17) is 4.98 Å². The second kappa shape index (κ2) is 5.76. The second-order valence-corrected chi connectivity index (χ2v) is 5.75. The average Bonchev–Trinajstić information content (AvgIpc) is 2.51. The maximum absolute atomic E-state index is 4.71. The maximum atomic E-state index is 4.71. The van der Waals surface area contributed by atoms with Gasteiger partial charge >= 0.3 is 0 Å². The first kappa shape index (κ1) is 13.3. The summed E-state index contributed by atoms with van der Waals surface area (Å²) >= 11 is 0. The van der Waals surface area contributed by atoms with E-state index in [1.807, 2.05) is 0 Å². The highest BCUT2D eigenvalue weighted by Gasteiger charge is 2.15. The Balaban J connectivity index is 1.87. The van der Waals surface area contributed by atoms with Crippen molar-refractivity contribution in [2.45, 2.75) is 32.6 Å². The first-order valence-electron chi connectivity index (χ1n) is 7.49. The van der Waals surface area contributed by atoms with Crippen molar-refractivity contribution in [2.24, 2.45) is 0 Å². The molecular weight excluding hydrogens is 244 g/mol. The lowest BCUT2D eigenvalue weighted by atomic mass is 9.91. The fourth-order valence-electron chi connectivity index (χ4n) is 2.99. The number of hydrogen-bond donors (Lipinski definition) is 1. The highest BCUT2D eigenvalue weighted by molar-refractivity contribution is 5.64. The summed E-state index contributed by atoms with van der Waals surface area (Å²) in [6, 6.07) is 10.9. The Kier molecular flexibility index (Phi) is 3.83. The number of piperidine rings is 1. The van der Waals surface area contributed by atoms with Gasteiger partial charge in [0.1, 0.15) is 0 Å². The van der Waals surface area contributed by atoms with E-state index in [9.17, 15) is 0 Å². The topological polar surface area (TPSA) is 24.9 Å². The minimum Gasteiger partial charge on any atom is -0.317 e. The summed E-state index contributed by atoms with van der Waals surface area (Å²) in [5, 5.41) is 3.41. The summed E-state index contributed by atoms with van der Waals surface area (Å²) < 4.78 is 0. The van der Waals surface area contributed by atoms with Gasteiger partial charge in [0, 0.05) is 11.8 Å². The molecule has 0 aliphatic carbocycles. The Bertz CT molecular complexity index is 581. The molecule has 3 rings (SSSR count). The van der Waals surface area contributed by atoms with Crippen LogP contribution in [0.1, 0.15) is 35.4 Å². The first-order valence-corrected chi connectivity index (χ1v) is 7.49. The van der Waals surface area contributed by atoms with Crippen LogP contribution in [0.15, 0.2) is 36.5 Å². The zero-order chi connectivity index (χ0) is 13.9. The highest BCUT2D eigenvalue weighted by atomic mass is 14.9. The van der Waals surface area contributed by atoms with Crippen molar-refractivity contribution >= 4 is 0 Å². The molecule has 0 spiro atoms. The molecule has 0 bridgehead atoms.